The second-order valence-corrected chi connectivity index (χ2v) is 5.55. The van der Waals surface area contributed by atoms with Gasteiger partial charge in [-0.05, 0) is 31.2 Å². The van der Waals surface area contributed by atoms with Crippen molar-refractivity contribution in [2.24, 2.45) is 0 Å². The normalized spacial score (nSPS) is 10.1. The topological polar surface area (TPSA) is 66.4 Å². The molecule has 5 heteroatoms. The van der Waals surface area contributed by atoms with Crippen LogP contribution in [0.4, 0.5) is 5.69 Å². The molecule has 0 aliphatic carbocycles. The molecule has 0 bridgehead atoms. The van der Waals surface area contributed by atoms with E-state index in [4.69, 9.17) is 5.11 Å². The Balaban J connectivity index is 1.98. The number of rotatable bonds is 5. The number of aromatic carboxylic acids is 1. The van der Waals surface area contributed by atoms with Crippen LogP contribution in [0.2, 0.25) is 0 Å². The fourth-order valence-corrected chi connectivity index (χ4v) is 2.63. The molecule has 108 valence electrons. The van der Waals surface area contributed by atoms with Gasteiger partial charge in [0.1, 0.15) is 0 Å². The Morgan fingerprint density at radius 3 is 2.62 bits per heavy atom. The molecule has 0 heterocycles. The maximum Gasteiger partial charge on any atom is 0.337 e. The van der Waals surface area contributed by atoms with E-state index in [1.807, 2.05) is 31.2 Å². The SMILES string of the molecule is Cc1cccc(SCC(=O)Nc2ccccc2C(=O)O)c1. The summed E-state index contributed by atoms with van der Waals surface area (Å²) >= 11 is 1.42. The number of thioether (sulfide) groups is 1. The molecule has 0 spiro atoms. The first kappa shape index (κ1) is 15.1. The second-order valence-electron chi connectivity index (χ2n) is 4.50. The maximum atomic E-state index is 11.9. The number of aryl methyl sites for hydroxylation is 1. The van der Waals surface area contributed by atoms with Gasteiger partial charge in [0.25, 0.3) is 0 Å². The second kappa shape index (κ2) is 6.95. The zero-order valence-electron chi connectivity index (χ0n) is 11.5. The average Bonchev–Trinajstić information content (AvgIpc) is 2.45. The number of para-hydroxylation sites is 1. The van der Waals surface area contributed by atoms with Gasteiger partial charge in [0.05, 0.1) is 17.0 Å². The summed E-state index contributed by atoms with van der Waals surface area (Å²) in [6.07, 6.45) is 0. The lowest BCUT2D eigenvalue weighted by Gasteiger charge is -2.08. The van der Waals surface area contributed by atoms with Crippen molar-refractivity contribution in [3.8, 4) is 0 Å². The van der Waals surface area contributed by atoms with Crippen LogP contribution in [-0.2, 0) is 4.79 Å². The van der Waals surface area contributed by atoms with Gasteiger partial charge in [-0.3, -0.25) is 4.79 Å². The molecule has 2 aromatic rings. The Labute approximate surface area is 127 Å². The Morgan fingerprint density at radius 2 is 1.90 bits per heavy atom. The minimum atomic E-state index is -1.06. The quantitative estimate of drug-likeness (QED) is 0.830. The van der Waals surface area contributed by atoms with Gasteiger partial charge in [-0.1, -0.05) is 29.8 Å². The molecule has 0 saturated heterocycles. The lowest BCUT2D eigenvalue weighted by atomic mass is 10.2. The van der Waals surface area contributed by atoms with E-state index < -0.39 is 5.97 Å². The fraction of sp³-hybridized carbons (Fsp3) is 0.125. The lowest BCUT2D eigenvalue weighted by molar-refractivity contribution is -0.113. The van der Waals surface area contributed by atoms with Crippen molar-refractivity contribution in [3.63, 3.8) is 0 Å². The number of amides is 1. The van der Waals surface area contributed by atoms with Gasteiger partial charge in [-0.15, -0.1) is 11.8 Å². The van der Waals surface area contributed by atoms with E-state index in [-0.39, 0.29) is 17.2 Å². The predicted octanol–water partition coefficient (Wildman–Crippen LogP) is 3.42. The van der Waals surface area contributed by atoms with Crippen molar-refractivity contribution in [2.75, 3.05) is 11.1 Å². The molecule has 0 unspecified atom stereocenters. The molecule has 0 radical (unpaired) electrons. The fourth-order valence-electron chi connectivity index (χ4n) is 1.82. The van der Waals surface area contributed by atoms with Crippen LogP contribution >= 0.6 is 11.8 Å². The Bertz CT molecular complexity index is 670. The number of carboxylic acid groups (broad SMARTS) is 1. The Morgan fingerprint density at radius 1 is 1.14 bits per heavy atom. The van der Waals surface area contributed by atoms with Crippen LogP contribution in [0.5, 0.6) is 0 Å². The number of carboxylic acids is 1. The first-order valence-electron chi connectivity index (χ1n) is 6.38. The first-order valence-corrected chi connectivity index (χ1v) is 7.36. The van der Waals surface area contributed by atoms with Gasteiger partial charge in [0.2, 0.25) is 5.91 Å². The van der Waals surface area contributed by atoms with E-state index in [1.54, 1.807) is 18.2 Å². The molecule has 0 aliphatic heterocycles. The molecule has 0 saturated carbocycles. The summed E-state index contributed by atoms with van der Waals surface area (Å²) in [7, 11) is 0. The van der Waals surface area contributed by atoms with Crippen molar-refractivity contribution in [2.45, 2.75) is 11.8 Å². The van der Waals surface area contributed by atoms with E-state index >= 15 is 0 Å². The average molecular weight is 301 g/mol. The third-order valence-electron chi connectivity index (χ3n) is 2.79. The molecule has 0 aliphatic rings. The molecule has 0 fully saturated rings. The molecule has 21 heavy (non-hydrogen) atoms. The van der Waals surface area contributed by atoms with Crippen LogP contribution < -0.4 is 5.32 Å². The zero-order valence-corrected chi connectivity index (χ0v) is 12.3. The molecular formula is C16H15NO3S. The van der Waals surface area contributed by atoms with E-state index in [0.29, 0.717) is 5.69 Å². The summed E-state index contributed by atoms with van der Waals surface area (Å²) in [5.41, 5.74) is 1.54. The number of nitrogens with one attached hydrogen (secondary N) is 1. The highest BCUT2D eigenvalue weighted by Gasteiger charge is 2.11. The number of carbonyl (C=O) groups excluding carboxylic acids is 1. The van der Waals surface area contributed by atoms with Crippen LogP contribution in [0, 0.1) is 6.92 Å². The van der Waals surface area contributed by atoms with Gasteiger partial charge < -0.3 is 10.4 Å². The number of benzene rings is 2. The van der Waals surface area contributed by atoms with Crippen molar-refractivity contribution < 1.29 is 14.7 Å². The zero-order chi connectivity index (χ0) is 15.2. The van der Waals surface area contributed by atoms with E-state index in [0.717, 1.165) is 10.5 Å². The summed E-state index contributed by atoms with van der Waals surface area (Å²) in [6, 6.07) is 14.2. The highest BCUT2D eigenvalue weighted by molar-refractivity contribution is 8.00. The van der Waals surface area contributed by atoms with Gasteiger partial charge in [0.15, 0.2) is 0 Å². The smallest absolute Gasteiger partial charge is 0.337 e. The highest BCUT2D eigenvalue weighted by Crippen LogP contribution is 2.20. The van der Waals surface area contributed by atoms with Gasteiger partial charge >= 0.3 is 5.97 Å². The Hall–Kier alpha value is -2.27. The van der Waals surface area contributed by atoms with Crippen LogP contribution in [-0.4, -0.2) is 22.7 Å². The van der Waals surface area contributed by atoms with Crippen LogP contribution in [0.15, 0.2) is 53.4 Å². The van der Waals surface area contributed by atoms with Crippen LogP contribution in [0.3, 0.4) is 0 Å². The van der Waals surface area contributed by atoms with Crippen molar-refractivity contribution >= 4 is 29.3 Å². The van der Waals surface area contributed by atoms with Gasteiger partial charge in [-0.2, -0.15) is 0 Å². The van der Waals surface area contributed by atoms with Crippen LogP contribution in [0.25, 0.3) is 0 Å². The molecule has 1 amide bonds. The highest BCUT2D eigenvalue weighted by atomic mass is 32.2. The number of hydrogen-bond acceptors (Lipinski definition) is 3. The number of anilines is 1. The number of carbonyl (C=O) groups is 2. The predicted molar refractivity (Wildman–Crippen MR) is 83.9 cm³/mol. The molecule has 0 atom stereocenters. The molecule has 2 aromatic carbocycles. The lowest BCUT2D eigenvalue weighted by Crippen LogP contribution is -2.16. The molecule has 0 aromatic heterocycles. The molecular weight excluding hydrogens is 286 g/mol. The summed E-state index contributed by atoms with van der Waals surface area (Å²) in [5, 5.41) is 11.7. The van der Waals surface area contributed by atoms with E-state index in [1.165, 1.54) is 17.8 Å². The standard InChI is InChI=1S/C16H15NO3S/c1-11-5-4-6-12(9-11)21-10-15(18)17-14-8-3-2-7-13(14)16(19)20/h2-9H,10H2,1H3,(H,17,18)(H,19,20). The van der Waals surface area contributed by atoms with E-state index in [9.17, 15) is 9.59 Å². The summed E-state index contributed by atoms with van der Waals surface area (Å²) in [4.78, 5) is 24.0. The van der Waals surface area contributed by atoms with Gasteiger partial charge in [-0.25, -0.2) is 4.79 Å². The number of hydrogen-bond donors (Lipinski definition) is 2. The third-order valence-corrected chi connectivity index (χ3v) is 3.78. The summed E-state index contributed by atoms with van der Waals surface area (Å²) < 4.78 is 0. The first-order chi connectivity index (χ1) is 10.1. The molecule has 2 N–H and O–H groups in total. The summed E-state index contributed by atoms with van der Waals surface area (Å²) in [6.45, 7) is 1.99. The van der Waals surface area contributed by atoms with Crippen LogP contribution in [0.1, 0.15) is 15.9 Å². The minimum Gasteiger partial charge on any atom is -0.478 e. The monoisotopic (exact) mass is 301 g/mol. The summed E-state index contributed by atoms with van der Waals surface area (Å²) in [5.74, 6) is -1.05. The minimum absolute atomic E-state index is 0.0893. The molecule has 4 nitrogen and oxygen atoms in total. The van der Waals surface area contributed by atoms with Gasteiger partial charge in [0, 0.05) is 4.90 Å². The largest absolute Gasteiger partial charge is 0.478 e. The molecule has 2 rings (SSSR count). The van der Waals surface area contributed by atoms with Crippen molar-refractivity contribution in [1.82, 2.24) is 0 Å². The maximum absolute atomic E-state index is 11.9. The van der Waals surface area contributed by atoms with Crippen molar-refractivity contribution in [3.05, 3.63) is 59.7 Å². The van der Waals surface area contributed by atoms with E-state index in [2.05, 4.69) is 5.32 Å². The third kappa shape index (κ3) is 4.36. The van der Waals surface area contributed by atoms with Crippen molar-refractivity contribution in [1.29, 1.82) is 0 Å². The Kier molecular flexibility index (Phi) is 5.00.